The van der Waals surface area contributed by atoms with Gasteiger partial charge in [0.1, 0.15) is 11.5 Å². The zero-order valence-electron chi connectivity index (χ0n) is 10.9. The van der Waals surface area contributed by atoms with Gasteiger partial charge in [-0.2, -0.15) is 0 Å². The molecule has 0 amide bonds. The summed E-state index contributed by atoms with van der Waals surface area (Å²) in [5.41, 5.74) is 1.68. The van der Waals surface area contributed by atoms with E-state index >= 15 is 0 Å². The van der Waals surface area contributed by atoms with Gasteiger partial charge in [-0.15, -0.1) is 0 Å². The predicted octanol–water partition coefficient (Wildman–Crippen LogP) is 4.49. The van der Waals surface area contributed by atoms with Gasteiger partial charge in [0.15, 0.2) is 5.78 Å². The quantitative estimate of drug-likeness (QED) is 0.723. The number of benzene rings is 1. The number of rotatable bonds is 5. The number of furan rings is 1. The fourth-order valence-electron chi connectivity index (χ4n) is 1.91. The van der Waals surface area contributed by atoms with Crippen LogP contribution in [0, 0.1) is 0 Å². The largest absolute Gasteiger partial charge is 0.461 e. The van der Waals surface area contributed by atoms with E-state index in [1.807, 2.05) is 36.4 Å². The zero-order valence-corrected chi connectivity index (χ0v) is 10.9. The molecule has 0 bridgehead atoms. The van der Waals surface area contributed by atoms with Crippen LogP contribution in [0.2, 0.25) is 0 Å². The molecule has 2 nitrogen and oxygen atoms in total. The van der Waals surface area contributed by atoms with Crippen LogP contribution < -0.4 is 0 Å². The minimum atomic E-state index is 0.0783. The number of carbonyl (C=O) groups excluding carboxylic acids is 1. The molecule has 0 saturated carbocycles. The lowest BCUT2D eigenvalue weighted by Gasteiger charge is -2.00. The van der Waals surface area contributed by atoms with Gasteiger partial charge in [0, 0.05) is 17.5 Å². The Labute approximate surface area is 108 Å². The molecule has 0 saturated heterocycles. The summed E-state index contributed by atoms with van der Waals surface area (Å²) in [4.78, 5) is 11.3. The summed E-state index contributed by atoms with van der Waals surface area (Å²) >= 11 is 0. The number of aryl methyl sites for hydroxylation is 1. The summed E-state index contributed by atoms with van der Waals surface area (Å²) in [5, 5.41) is 0. The Morgan fingerprint density at radius 3 is 2.78 bits per heavy atom. The van der Waals surface area contributed by atoms with Crippen molar-refractivity contribution in [3.8, 4) is 11.3 Å². The van der Waals surface area contributed by atoms with Crippen molar-refractivity contribution in [3.63, 3.8) is 0 Å². The van der Waals surface area contributed by atoms with Crippen LogP contribution in [-0.4, -0.2) is 5.78 Å². The van der Waals surface area contributed by atoms with Crippen LogP contribution >= 0.6 is 0 Å². The third kappa shape index (κ3) is 2.89. The Bertz CT molecular complexity index is 538. The van der Waals surface area contributed by atoms with E-state index in [1.54, 1.807) is 6.92 Å². The Balaban J connectivity index is 2.23. The fraction of sp³-hybridized carbons (Fsp3) is 0.312. The second kappa shape index (κ2) is 5.67. The highest BCUT2D eigenvalue weighted by Crippen LogP contribution is 2.24. The van der Waals surface area contributed by atoms with E-state index in [0.29, 0.717) is 0 Å². The zero-order chi connectivity index (χ0) is 13.0. The van der Waals surface area contributed by atoms with Crippen LogP contribution in [0.5, 0.6) is 0 Å². The molecule has 1 heterocycles. The van der Waals surface area contributed by atoms with Crippen molar-refractivity contribution in [2.45, 2.75) is 33.1 Å². The molecule has 0 aliphatic carbocycles. The predicted molar refractivity (Wildman–Crippen MR) is 72.8 cm³/mol. The van der Waals surface area contributed by atoms with Crippen LogP contribution in [-0.2, 0) is 6.42 Å². The summed E-state index contributed by atoms with van der Waals surface area (Å²) in [6.07, 6.45) is 3.28. The standard InChI is InChI=1S/C16H18O2/c1-3-4-8-15-9-10-16(18-15)14-7-5-6-13(11-14)12(2)17/h5-7,9-11H,3-4,8H2,1-2H3. The van der Waals surface area contributed by atoms with Crippen molar-refractivity contribution < 1.29 is 9.21 Å². The van der Waals surface area contributed by atoms with Crippen LogP contribution in [0.1, 0.15) is 42.8 Å². The molecule has 0 fully saturated rings. The Kier molecular flexibility index (Phi) is 3.98. The summed E-state index contributed by atoms with van der Waals surface area (Å²) in [7, 11) is 0. The molecule has 0 N–H and O–H groups in total. The molecule has 2 heteroatoms. The Hall–Kier alpha value is -1.83. The average Bonchev–Trinajstić information content (AvgIpc) is 2.85. The lowest BCUT2D eigenvalue weighted by atomic mass is 10.1. The average molecular weight is 242 g/mol. The van der Waals surface area contributed by atoms with Crippen LogP contribution in [0.3, 0.4) is 0 Å². The SMILES string of the molecule is CCCCc1ccc(-c2cccc(C(C)=O)c2)o1. The summed E-state index contributed by atoms with van der Waals surface area (Å²) < 4.78 is 5.80. The van der Waals surface area contributed by atoms with Crippen LogP contribution in [0.25, 0.3) is 11.3 Å². The lowest BCUT2D eigenvalue weighted by molar-refractivity contribution is 0.101. The first-order chi connectivity index (χ1) is 8.70. The summed E-state index contributed by atoms with van der Waals surface area (Å²) in [6, 6.07) is 11.6. The Morgan fingerprint density at radius 2 is 2.06 bits per heavy atom. The summed E-state index contributed by atoms with van der Waals surface area (Å²) in [5.74, 6) is 1.93. The maximum Gasteiger partial charge on any atom is 0.159 e. The first kappa shape index (κ1) is 12.6. The number of ketones is 1. The Morgan fingerprint density at radius 1 is 1.22 bits per heavy atom. The molecule has 0 radical (unpaired) electrons. The molecule has 0 unspecified atom stereocenters. The highest BCUT2D eigenvalue weighted by Gasteiger charge is 2.06. The molecular weight excluding hydrogens is 224 g/mol. The maximum absolute atomic E-state index is 11.3. The van der Waals surface area contributed by atoms with Crippen molar-refractivity contribution in [2.75, 3.05) is 0 Å². The number of hydrogen-bond acceptors (Lipinski definition) is 2. The molecule has 1 aromatic heterocycles. The third-order valence-electron chi connectivity index (χ3n) is 2.99. The first-order valence-corrected chi connectivity index (χ1v) is 6.41. The van der Waals surface area contributed by atoms with Gasteiger partial charge in [-0.05, 0) is 31.5 Å². The van der Waals surface area contributed by atoms with E-state index in [4.69, 9.17) is 4.42 Å². The monoisotopic (exact) mass is 242 g/mol. The van der Waals surface area contributed by atoms with E-state index in [2.05, 4.69) is 6.92 Å². The minimum Gasteiger partial charge on any atom is -0.461 e. The van der Waals surface area contributed by atoms with Crippen molar-refractivity contribution >= 4 is 5.78 Å². The van der Waals surface area contributed by atoms with Gasteiger partial charge in [0.05, 0.1) is 0 Å². The molecule has 1 aromatic carbocycles. The van der Waals surface area contributed by atoms with Gasteiger partial charge in [-0.25, -0.2) is 0 Å². The van der Waals surface area contributed by atoms with Crippen molar-refractivity contribution in [1.29, 1.82) is 0 Å². The van der Waals surface area contributed by atoms with Gasteiger partial charge in [0.2, 0.25) is 0 Å². The van der Waals surface area contributed by atoms with E-state index in [1.165, 1.54) is 0 Å². The molecule has 0 aliphatic rings. The molecular formula is C16H18O2. The molecule has 94 valence electrons. The van der Waals surface area contributed by atoms with Crippen molar-refractivity contribution in [3.05, 3.63) is 47.7 Å². The van der Waals surface area contributed by atoms with Gasteiger partial charge in [0.25, 0.3) is 0 Å². The van der Waals surface area contributed by atoms with Gasteiger partial charge < -0.3 is 4.42 Å². The van der Waals surface area contributed by atoms with Crippen LogP contribution in [0.15, 0.2) is 40.8 Å². The van der Waals surface area contributed by atoms with E-state index in [9.17, 15) is 4.79 Å². The second-order valence-corrected chi connectivity index (χ2v) is 4.51. The second-order valence-electron chi connectivity index (χ2n) is 4.51. The van der Waals surface area contributed by atoms with Gasteiger partial charge in [-0.3, -0.25) is 4.79 Å². The van der Waals surface area contributed by atoms with Gasteiger partial charge in [-0.1, -0.05) is 31.5 Å². The highest BCUT2D eigenvalue weighted by molar-refractivity contribution is 5.95. The normalized spacial score (nSPS) is 10.6. The molecule has 18 heavy (non-hydrogen) atoms. The maximum atomic E-state index is 11.3. The lowest BCUT2D eigenvalue weighted by Crippen LogP contribution is -1.91. The molecule has 0 aliphatic heterocycles. The van der Waals surface area contributed by atoms with E-state index in [-0.39, 0.29) is 5.78 Å². The number of hydrogen-bond donors (Lipinski definition) is 0. The topological polar surface area (TPSA) is 30.2 Å². The number of unbranched alkanes of at least 4 members (excludes halogenated alkanes) is 1. The molecule has 2 aromatic rings. The van der Waals surface area contributed by atoms with Crippen molar-refractivity contribution in [2.24, 2.45) is 0 Å². The first-order valence-electron chi connectivity index (χ1n) is 6.41. The van der Waals surface area contributed by atoms with E-state index in [0.717, 1.165) is 41.9 Å². The molecule has 0 spiro atoms. The van der Waals surface area contributed by atoms with Gasteiger partial charge >= 0.3 is 0 Å². The number of carbonyl (C=O) groups is 1. The van der Waals surface area contributed by atoms with E-state index < -0.39 is 0 Å². The fourth-order valence-corrected chi connectivity index (χ4v) is 1.91. The molecule has 2 rings (SSSR count). The third-order valence-corrected chi connectivity index (χ3v) is 2.99. The van der Waals surface area contributed by atoms with Crippen LogP contribution in [0.4, 0.5) is 0 Å². The highest BCUT2D eigenvalue weighted by atomic mass is 16.3. The minimum absolute atomic E-state index is 0.0783. The molecule has 0 atom stereocenters. The smallest absolute Gasteiger partial charge is 0.159 e. The van der Waals surface area contributed by atoms with Crippen molar-refractivity contribution in [1.82, 2.24) is 0 Å². The summed E-state index contributed by atoms with van der Waals surface area (Å²) in [6.45, 7) is 3.74. The number of Topliss-reactive ketones (excluding diaryl/α,β-unsaturated/α-hetero) is 1.